The number of hydrogen-bond acceptors (Lipinski definition) is 2. The summed E-state index contributed by atoms with van der Waals surface area (Å²) >= 11 is 0. The lowest BCUT2D eigenvalue weighted by Crippen LogP contribution is -2.41. The summed E-state index contributed by atoms with van der Waals surface area (Å²) in [4.78, 5) is 0. The minimum absolute atomic E-state index is 0.415. The van der Waals surface area contributed by atoms with Crippen LogP contribution >= 0.6 is 0 Å². The van der Waals surface area contributed by atoms with Crippen LogP contribution in [0.15, 0.2) is 12.1 Å². The second kappa shape index (κ2) is 5.28. The van der Waals surface area contributed by atoms with E-state index in [0.29, 0.717) is 11.1 Å². The number of halogens is 6. The molecule has 0 fully saturated rings. The van der Waals surface area contributed by atoms with Gasteiger partial charge in [-0.25, -0.2) is 9.13 Å². The Morgan fingerprint density at radius 1 is 1.05 bits per heavy atom. The van der Waals surface area contributed by atoms with Gasteiger partial charge in [-0.2, -0.15) is 8.78 Å². The molecule has 2 nitrogen and oxygen atoms in total. The van der Waals surface area contributed by atoms with Crippen LogP contribution in [0.4, 0.5) is 26.3 Å². The van der Waals surface area contributed by atoms with E-state index in [9.17, 15) is 26.3 Å². The summed E-state index contributed by atoms with van der Waals surface area (Å²) in [5, 5.41) is 0. The minimum atomic E-state index is -5.53. The third-order valence-electron chi connectivity index (χ3n) is 1.87. The van der Waals surface area contributed by atoms with Gasteiger partial charge in [0, 0.05) is 0 Å². The van der Waals surface area contributed by atoms with Crippen LogP contribution in [-0.4, -0.2) is 18.8 Å². The van der Waals surface area contributed by atoms with Gasteiger partial charge in [-0.05, 0) is 43.2 Å². The highest BCUT2D eigenvalue weighted by Gasteiger charge is 2.50. The van der Waals surface area contributed by atoms with Gasteiger partial charge in [0.1, 0.15) is 5.75 Å². The molecule has 0 aliphatic carbocycles. The molecule has 19 heavy (non-hydrogen) atoms. The van der Waals surface area contributed by atoms with Crippen molar-refractivity contribution < 1.29 is 35.8 Å². The molecule has 0 aliphatic heterocycles. The number of ether oxygens (including phenoxy) is 2. The zero-order chi connectivity index (χ0) is 14.8. The Balaban J connectivity index is 2.83. The monoisotopic (exact) mass is 287 g/mol. The summed E-state index contributed by atoms with van der Waals surface area (Å²) in [6.07, 6.45) is -14.3. The van der Waals surface area contributed by atoms with E-state index in [0.717, 1.165) is 12.1 Å². The number of hydrogen-bond donors (Lipinski definition) is 0. The molecule has 0 amide bonds. The molecule has 0 saturated carbocycles. The van der Waals surface area contributed by atoms with E-state index in [-0.39, 0.29) is 0 Å². The highest BCUT2D eigenvalue weighted by molar-refractivity contribution is 5.32. The summed E-state index contributed by atoms with van der Waals surface area (Å²) in [6.45, 7) is 3.02. The van der Waals surface area contributed by atoms with Gasteiger partial charge in [-0.15, -0.1) is 13.2 Å². The first kappa shape index (κ1) is 15.6. The molecule has 0 heterocycles. The molecule has 0 aliphatic rings. The van der Waals surface area contributed by atoms with Gasteiger partial charge in [0.2, 0.25) is 0 Å². The smallest absolute Gasteiger partial charge is 0.429 e. The molecule has 1 aromatic rings. The molecule has 1 rings (SSSR count). The number of rotatable bonds is 4. The molecule has 1 unspecified atom stereocenters. The van der Waals surface area contributed by atoms with Crippen molar-refractivity contribution in [2.75, 3.05) is 0 Å². The van der Waals surface area contributed by atoms with E-state index in [1.54, 1.807) is 0 Å². The lowest BCUT2D eigenvalue weighted by atomic mass is 10.1. The highest BCUT2D eigenvalue weighted by Crippen LogP contribution is 2.32. The van der Waals surface area contributed by atoms with Crippen LogP contribution in [0.25, 0.3) is 0 Å². The summed E-state index contributed by atoms with van der Waals surface area (Å²) in [7, 11) is 0. The van der Waals surface area contributed by atoms with Crippen LogP contribution in [0.3, 0.4) is 0 Å². The normalized spacial score (nSPS) is 14.3. The molecule has 107 valence electrons. The highest BCUT2D eigenvalue weighted by atomic mass is 19.4. The van der Waals surface area contributed by atoms with Crippen molar-refractivity contribution >= 4 is 0 Å². The molecule has 0 aromatic heterocycles. The third-order valence-corrected chi connectivity index (χ3v) is 1.87. The quantitative estimate of drug-likeness (QED) is 0.782. The molecular weight excluding hydrogens is 278 g/mol. The van der Waals surface area contributed by atoms with Crippen molar-refractivity contribution in [3.63, 3.8) is 0 Å². The SMILES string of the molecule is Cc1[c]c(C)cc(OC(F)(F)C(F)OC(F)(F)F)c1. The number of benzene rings is 1. The van der Waals surface area contributed by atoms with Crippen molar-refractivity contribution in [1.82, 2.24) is 0 Å². The molecule has 0 spiro atoms. The van der Waals surface area contributed by atoms with Crippen molar-refractivity contribution in [2.45, 2.75) is 32.7 Å². The first-order valence-electron chi connectivity index (χ1n) is 4.95. The van der Waals surface area contributed by atoms with E-state index in [2.05, 4.69) is 15.5 Å². The maximum Gasteiger partial charge on any atom is 0.525 e. The Hall–Kier alpha value is -1.44. The fourth-order valence-corrected chi connectivity index (χ4v) is 1.30. The number of aryl methyl sites for hydroxylation is 2. The second-order valence-corrected chi connectivity index (χ2v) is 3.73. The van der Waals surface area contributed by atoms with Crippen LogP contribution in [0, 0.1) is 19.9 Å². The van der Waals surface area contributed by atoms with E-state index in [4.69, 9.17) is 0 Å². The Morgan fingerprint density at radius 3 is 1.95 bits per heavy atom. The maximum absolute atomic E-state index is 13.1. The van der Waals surface area contributed by atoms with Gasteiger partial charge in [-0.3, -0.25) is 0 Å². The maximum atomic E-state index is 13.1. The van der Waals surface area contributed by atoms with Crippen LogP contribution in [0.5, 0.6) is 5.75 Å². The summed E-state index contributed by atoms with van der Waals surface area (Å²) in [5.74, 6) is -0.479. The van der Waals surface area contributed by atoms with Gasteiger partial charge in [-0.1, -0.05) is 0 Å². The molecule has 0 N–H and O–H groups in total. The van der Waals surface area contributed by atoms with Crippen LogP contribution in [0.1, 0.15) is 11.1 Å². The predicted molar refractivity (Wildman–Crippen MR) is 52.4 cm³/mol. The largest absolute Gasteiger partial charge is 0.525 e. The van der Waals surface area contributed by atoms with Gasteiger partial charge < -0.3 is 4.74 Å². The Morgan fingerprint density at radius 2 is 1.53 bits per heavy atom. The first-order valence-corrected chi connectivity index (χ1v) is 4.95. The van der Waals surface area contributed by atoms with Crippen LogP contribution in [-0.2, 0) is 4.74 Å². The molecule has 1 aromatic carbocycles. The molecule has 1 atom stereocenters. The predicted octanol–water partition coefficient (Wildman–Crippen LogP) is 3.91. The third kappa shape index (κ3) is 4.98. The summed E-state index contributed by atoms with van der Waals surface area (Å²) in [5.41, 5.74) is 0.830. The van der Waals surface area contributed by atoms with E-state index >= 15 is 0 Å². The van der Waals surface area contributed by atoms with Gasteiger partial charge in [0.15, 0.2) is 0 Å². The zero-order valence-corrected chi connectivity index (χ0v) is 9.82. The van der Waals surface area contributed by atoms with Crippen molar-refractivity contribution in [2.24, 2.45) is 0 Å². The van der Waals surface area contributed by atoms with Crippen molar-refractivity contribution in [1.29, 1.82) is 0 Å². The summed E-state index contributed by atoms with van der Waals surface area (Å²) in [6, 6.07) is 4.90. The molecule has 1 radical (unpaired) electrons. The van der Waals surface area contributed by atoms with Gasteiger partial charge in [0.25, 0.3) is 0 Å². The minimum Gasteiger partial charge on any atom is -0.429 e. The Kier molecular flexibility index (Phi) is 4.34. The molecule has 0 saturated heterocycles. The van der Waals surface area contributed by atoms with Gasteiger partial charge in [0.05, 0.1) is 0 Å². The lowest BCUT2D eigenvalue weighted by molar-refractivity contribution is -0.411. The molecule has 0 bridgehead atoms. The lowest BCUT2D eigenvalue weighted by Gasteiger charge is -2.22. The Labute approximate surface area is 104 Å². The van der Waals surface area contributed by atoms with Crippen molar-refractivity contribution in [3.8, 4) is 5.75 Å². The van der Waals surface area contributed by atoms with E-state index in [1.165, 1.54) is 13.8 Å². The first-order chi connectivity index (χ1) is 8.49. The van der Waals surface area contributed by atoms with Gasteiger partial charge >= 0.3 is 18.8 Å². The average Bonchev–Trinajstić information content (AvgIpc) is 2.11. The van der Waals surface area contributed by atoms with E-state index in [1.807, 2.05) is 0 Å². The fourth-order valence-electron chi connectivity index (χ4n) is 1.30. The van der Waals surface area contributed by atoms with Crippen LogP contribution < -0.4 is 4.74 Å². The second-order valence-electron chi connectivity index (χ2n) is 3.73. The van der Waals surface area contributed by atoms with Crippen molar-refractivity contribution in [3.05, 3.63) is 29.3 Å². The zero-order valence-electron chi connectivity index (χ0n) is 9.82. The molecular formula is C11H9F6O2. The molecule has 8 heteroatoms. The standard InChI is InChI=1S/C11H9F6O2/c1-6-3-7(2)5-8(4-6)18-10(13,14)9(12)19-11(15,16)17/h4-5,9H,1-2H3. The average molecular weight is 287 g/mol. The fraction of sp³-hybridized carbons (Fsp3) is 0.455. The summed E-state index contributed by atoms with van der Waals surface area (Å²) < 4.78 is 80.3. The topological polar surface area (TPSA) is 18.5 Å². The Bertz CT molecular complexity index is 423. The van der Waals surface area contributed by atoms with Crippen LogP contribution in [0.2, 0.25) is 0 Å². The number of alkyl halides is 6. The van der Waals surface area contributed by atoms with E-state index < -0.39 is 24.6 Å².